The van der Waals surface area contributed by atoms with Crippen LogP contribution in [0, 0.1) is 11.8 Å². The van der Waals surface area contributed by atoms with Gasteiger partial charge < -0.3 is 64.2 Å². The monoisotopic (exact) mass is 530 g/mol. The highest BCUT2D eigenvalue weighted by molar-refractivity contribution is 5.90. The van der Waals surface area contributed by atoms with Crippen LogP contribution in [0.2, 0.25) is 0 Å². The van der Waals surface area contributed by atoms with Gasteiger partial charge in [-0.3, -0.25) is 0 Å². The zero-order valence-corrected chi connectivity index (χ0v) is 19.7. The number of aliphatic hydroxyl groups is 6. The van der Waals surface area contributed by atoms with Crippen LogP contribution in [0.1, 0.15) is 16.8 Å². The maximum atomic E-state index is 12.9. The van der Waals surface area contributed by atoms with Crippen LogP contribution in [0.5, 0.6) is 11.5 Å². The number of methoxy groups -OCH3 is 1. The van der Waals surface area contributed by atoms with E-state index in [1.54, 1.807) is 0 Å². The van der Waals surface area contributed by atoms with Crippen LogP contribution in [-0.4, -0.2) is 123 Å². The predicted octanol–water partition coefficient (Wildman–Crippen LogP) is -2.82. The first-order chi connectivity index (χ1) is 17.6. The van der Waals surface area contributed by atoms with Crippen molar-refractivity contribution in [3.63, 3.8) is 0 Å². The summed E-state index contributed by atoms with van der Waals surface area (Å²) < 4.78 is 33.2. The summed E-state index contributed by atoms with van der Waals surface area (Å²) in [5.41, 5.74) is -1.94. The number of phenols is 1. The van der Waals surface area contributed by atoms with Crippen molar-refractivity contribution in [2.24, 2.45) is 11.8 Å². The van der Waals surface area contributed by atoms with E-state index in [1.165, 1.54) is 25.3 Å². The second-order valence-electron chi connectivity index (χ2n) is 9.70. The molecule has 0 radical (unpaired) electrons. The number of aromatic hydroxyl groups is 1. The number of aliphatic hydroxyl groups excluding tert-OH is 5. The number of benzene rings is 1. The van der Waals surface area contributed by atoms with E-state index in [-0.39, 0.29) is 30.1 Å². The maximum absolute atomic E-state index is 12.9. The third-order valence-corrected chi connectivity index (χ3v) is 7.60. The second-order valence-corrected chi connectivity index (χ2v) is 9.70. The van der Waals surface area contributed by atoms with Crippen LogP contribution in [0.25, 0.3) is 0 Å². The highest BCUT2D eigenvalue weighted by Crippen LogP contribution is 2.53. The van der Waals surface area contributed by atoms with Gasteiger partial charge in [0.2, 0.25) is 0 Å². The van der Waals surface area contributed by atoms with Gasteiger partial charge in [-0.25, -0.2) is 4.79 Å². The number of hydrogen-bond acceptors (Lipinski definition) is 14. The summed E-state index contributed by atoms with van der Waals surface area (Å²) in [4.78, 5) is 12.9. The zero-order chi connectivity index (χ0) is 26.6. The number of rotatable bonds is 6. The van der Waals surface area contributed by atoms with Crippen LogP contribution in [0.3, 0.4) is 0 Å². The van der Waals surface area contributed by atoms with E-state index in [4.69, 9.17) is 28.4 Å². The Balaban J connectivity index is 1.38. The van der Waals surface area contributed by atoms with Crippen molar-refractivity contribution >= 4 is 5.97 Å². The number of phenolic OH excluding ortho intramolecular Hbond substituents is 1. The fraction of sp³-hybridized carbons (Fsp3) is 0.696. The van der Waals surface area contributed by atoms with Crippen molar-refractivity contribution < 1.29 is 69.0 Å². The molecular formula is C23H30O14. The fourth-order valence-electron chi connectivity index (χ4n) is 5.61. The molecule has 1 aliphatic carbocycles. The molecule has 14 heteroatoms. The lowest BCUT2D eigenvalue weighted by molar-refractivity contribution is -0.370. The van der Waals surface area contributed by atoms with Gasteiger partial charge in [0, 0.05) is 12.3 Å². The number of carbonyl (C=O) groups is 1. The lowest BCUT2D eigenvalue weighted by Crippen LogP contribution is -2.61. The molecule has 0 spiro atoms. The van der Waals surface area contributed by atoms with Crippen molar-refractivity contribution in [1.29, 1.82) is 0 Å². The maximum Gasteiger partial charge on any atom is 0.338 e. The number of carbonyl (C=O) groups excluding carboxylic acids is 1. The molecule has 1 saturated carbocycles. The molecule has 0 unspecified atom stereocenters. The summed E-state index contributed by atoms with van der Waals surface area (Å²) >= 11 is 0. The van der Waals surface area contributed by atoms with Crippen LogP contribution in [0.4, 0.5) is 0 Å². The third-order valence-electron chi connectivity index (χ3n) is 7.60. The minimum atomic E-state index is -1.98. The number of fused-ring (bicyclic) bond motifs is 2. The van der Waals surface area contributed by atoms with E-state index >= 15 is 0 Å². The average Bonchev–Trinajstić information content (AvgIpc) is 3.00. The van der Waals surface area contributed by atoms with Gasteiger partial charge in [0.1, 0.15) is 42.2 Å². The normalized spacial score (nSPS) is 44.9. The molecule has 5 fully saturated rings. The molecule has 5 aliphatic rings. The van der Waals surface area contributed by atoms with Crippen molar-refractivity contribution in [1.82, 2.24) is 0 Å². The summed E-state index contributed by atoms with van der Waals surface area (Å²) in [7, 11) is 1.32. The minimum absolute atomic E-state index is 0.0416. The summed E-state index contributed by atoms with van der Waals surface area (Å²) in [6, 6.07) is 3.85. The van der Waals surface area contributed by atoms with Gasteiger partial charge >= 0.3 is 5.97 Å². The van der Waals surface area contributed by atoms with Gasteiger partial charge in [-0.1, -0.05) is 0 Å². The molecule has 4 heterocycles. The zero-order valence-electron chi connectivity index (χ0n) is 19.7. The van der Waals surface area contributed by atoms with Crippen molar-refractivity contribution in [2.45, 2.75) is 67.5 Å². The average molecular weight is 530 g/mol. The van der Waals surface area contributed by atoms with Crippen molar-refractivity contribution in [3.8, 4) is 11.5 Å². The molecule has 4 bridgehead atoms. The Bertz CT molecular complexity index is 1000. The fourth-order valence-corrected chi connectivity index (χ4v) is 5.61. The van der Waals surface area contributed by atoms with Gasteiger partial charge in [0.15, 0.2) is 30.4 Å². The lowest BCUT2D eigenvalue weighted by atomic mass is 9.82. The van der Waals surface area contributed by atoms with Crippen LogP contribution < -0.4 is 4.74 Å². The highest BCUT2D eigenvalue weighted by atomic mass is 16.8. The van der Waals surface area contributed by atoms with Crippen LogP contribution >= 0.6 is 0 Å². The Labute approximate surface area is 210 Å². The summed E-state index contributed by atoms with van der Waals surface area (Å²) in [6.07, 6.45) is -12.7. The molecule has 7 N–H and O–H groups in total. The van der Waals surface area contributed by atoms with Gasteiger partial charge in [-0.15, -0.1) is 0 Å². The molecule has 37 heavy (non-hydrogen) atoms. The standard InChI is InChI=1S/C23H30O14/c1-32-11-4-8(2-3-10(11)25)20(30)36-18-9-5-13-33-7-23(31,19(18)29)14(9)21(35-13)37-22-17(28)16(27)15(26)12(6-24)34-22/h2-4,9,12-19,21-22,24-29,31H,5-7H2,1H3/t9-,12+,13-,14-,15+,16-,17+,18+,19-,21+,22-,23-/m1/s1. The minimum Gasteiger partial charge on any atom is -0.504 e. The van der Waals surface area contributed by atoms with E-state index in [2.05, 4.69) is 0 Å². The third kappa shape index (κ3) is 4.36. The van der Waals surface area contributed by atoms with E-state index in [9.17, 15) is 40.5 Å². The number of esters is 1. The molecule has 4 saturated heterocycles. The van der Waals surface area contributed by atoms with Gasteiger partial charge in [0.05, 0.1) is 31.8 Å². The van der Waals surface area contributed by atoms with E-state index in [0.29, 0.717) is 0 Å². The van der Waals surface area contributed by atoms with Gasteiger partial charge in [-0.2, -0.15) is 0 Å². The Morgan fingerprint density at radius 2 is 1.86 bits per heavy atom. The Kier molecular flexibility index (Phi) is 7.08. The van der Waals surface area contributed by atoms with Crippen LogP contribution in [-0.2, 0) is 23.7 Å². The number of hydrogen-bond donors (Lipinski definition) is 7. The molecular weight excluding hydrogens is 500 g/mol. The van der Waals surface area contributed by atoms with Crippen LogP contribution in [0.15, 0.2) is 18.2 Å². The molecule has 1 aromatic carbocycles. The first-order valence-electron chi connectivity index (χ1n) is 11.8. The molecule has 1 aromatic rings. The lowest BCUT2D eigenvalue weighted by Gasteiger charge is -2.44. The molecule has 12 atom stereocenters. The summed E-state index contributed by atoms with van der Waals surface area (Å²) in [5.74, 6) is -2.69. The molecule has 0 amide bonds. The molecule has 4 aliphatic heterocycles. The van der Waals surface area contributed by atoms with Gasteiger partial charge in [-0.05, 0) is 18.2 Å². The Morgan fingerprint density at radius 1 is 1.11 bits per heavy atom. The molecule has 206 valence electrons. The SMILES string of the molecule is COc1cc(C(=O)O[C@H]2[C@@H]3C[C@@H]4OC[C@@](O)([C@H]3[C@H](O[C@H]3O[C@@H](CO)[C@H](O)[C@@H](O)[C@@H]3O)O4)[C@@H]2O)ccc1O. The highest BCUT2D eigenvalue weighted by Gasteiger charge is 2.69. The molecule has 14 nitrogen and oxygen atoms in total. The Hall–Kier alpha value is -2.11. The second kappa shape index (κ2) is 9.89. The Morgan fingerprint density at radius 3 is 2.57 bits per heavy atom. The van der Waals surface area contributed by atoms with E-state index in [0.717, 1.165) is 0 Å². The first-order valence-corrected chi connectivity index (χ1v) is 11.8. The van der Waals surface area contributed by atoms with Gasteiger partial charge in [0.25, 0.3) is 0 Å². The number of ether oxygens (including phenoxy) is 6. The first kappa shape index (κ1) is 26.5. The quantitative estimate of drug-likeness (QED) is 0.185. The smallest absolute Gasteiger partial charge is 0.338 e. The summed E-state index contributed by atoms with van der Waals surface area (Å²) in [5, 5.41) is 72.3. The summed E-state index contributed by atoms with van der Waals surface area (Å²) in [6.45, 7) is -1.04. The predicted molar refractivity (Wildman–Crippen MR) is 116 cm³/mol. The van der Waals surface area contributed by atoms with E-state index in [1.807, 2.05) is 0 Å². The molecule has 6 rings (SSSR count). The molecule has 0 aromatic heterocycles. The van der Waals surface area contributed by atoms with E-state index < -0.39 is 85.5 Å². The van der Waals surface area contributed by atoms with Crippen molar-refractivity contribution in [3.05, 3.63) is 23.8 Å². The van der Waals surface area contributed by atoms with Crippen molar-refractivity contribution in [2.75, 3.05) is 20.3 Å². The topological polar surface area (TPSA) is 214 Å². The largest absolute Gasteiger partial charge is 0.504 e.